The van der Waals surface area contributed by atoms with E-state index in [1.54, 1.807) is 13.3 Å². The van der Waals surface area contributed by atoms with Crippen molar-refractivity contribution in [2.75, 3.05) is 38.6 Å². The molecule has 2 heterocycles. The quantitative estimate of drug-likeness (QED) is 0.875. The highest BCUT2D eigenvalue weighted by molar-refractivity contribution is 5.82. The minimum absolute atomic E-state index is 0.0134. The normalized spacial score (nSPS) is 17.4. The number of nitrogens with zero attached hydrogens (tertiary/aromatic N) is 2. The average molecular weight is 326 g/mol. The van der Waals surface area contributed by atoms with Gasteiger partial charge >= 0.3 is 0 Å². The first-order valence-electron chi connectivity index (χ1n) is 8.06. The highest BCUT2D eigenvalue weighted by Gasteiger charge is 2.27. The Morgan fingerprint density at radius 3 is 3.04 bits per heavy atom. The molecule has 1 fully saturated rings. The van der Waals surface area contributed by atoms with Crippen LogP contribution >= 0.6 is 0 Å². The molecule has 126 valence electrons. The Kier molecular flexibility index (Phi) is 5.28. The number of hydrogen-bond donors (Lipinski definition) is 2. The molecule has 6 nitrogen and oxygen atoms in total. The number of methoxy groups -OCH3 is 1. The minimum atomic E-state index is 0.0134. The fourth-order valence-corrected chi connectivity index (χ4v) is 2.94. The molecule has 6 heteroatoms. The van der Waals surface area contributed by atoms with Crippen LogP contribution in [0.2, 0.25) is 0 Å². The summed E-state index contributed by atoms with van der Waals surface area (Å²) in [6.07, 6.45) is 3.57. The molecule has 0 saturated carbocycles. The number of benzene rings is 1. The molecule has 2 N–H and O–H groups in total. The minimum Gasteiger partial charge on any atom is -0.495 e. The molecular formula is C18H22N4O2. The standard InChI is InChI=1S/C18H22N4O2/c1-24-17-7-3-2-6-15(17)21-13-18(23)22-10-9-20-12-16(22)14-5-4-8-19-11-14/h2-8,11,16,20-21H,9-10,12-13H2,1H3. The lowest BCUT2D eigenvalue weighted by Crippen LogP contribution is -2.50. The largest absolute Gasteiger partial charge is 0.495 e. The van der Waals surface area contributed by atoms with Gasteiger partial charge in [0.25, 0.3) is 0 Å². The van der Waals surface area contributed by atoms with Gasteiger partial charge < -0.3 is 20.3 Å². The number of ether oxygens (including phenoxy) is 1. The monoisotopic (exact) mass is 326 g/mol. The van der Waals surface area contributed by atoms with Crippen molar-refractivity contribution in [3.63, 3.8) is 0 Å². The Hall–Kier alpha value is -2.60. The second-order valence-corrected chi connectivity index (χ2v) is 5.65. The first kappa shape index (κ1) is 16.3. The molecule has 1 aliphatic rings. The van der Waals surface area contributed by atoms with Gasteiger partial charge in [0.1, 0.15) is 5.75 Å². The van der Waals surface area contributed by atoms with Crippen molar-refractivity contribution in [3.05, 3.63) is 54.4 Å². The summed E-state index contributed by atoms with van der Waals surface area (Å²) in [4.78, 5) is 18.8. The summed E-state index contributed by atoms with van der Waals surface area (Å²) >= 11 is 0. The molecule has 2 aromatic rings. The van der Waals surface area contributed by atoms with E-state index in [9.17, 15) is 4.79 Å². The maximum Gasteiger partial charge on any atom is 0.242 e. The van der Waals surface area contributed by atoms with Crippen molar-refractivity contribution in [2.45, 2.75) is 6.04 Å². The van der Waals surface area contributed by atoms with Crippen molar-refractivity contribution >= 4 is 11.6 Å². The summed E-state index contributed by atoms with van der Waals surface area (Å²) < 4.78 is 5.31. The summed E-state index contributed by atoms with van der Waals surface area (Å²) in [5, 5.41) is 6.53. The lowest BCUT2D eigenvalue weighted by atomic mass is 10.1. The highest BCUT2D eigenvalue weighted by Crippen LogP contribution is 2.24. The summed E-state index contributed by atoms with van der Waals surface area (Å²) in [6, 6.07) is 11.5. The van der Waals surface area contributed by atoms with E-state index in [1.807, 2.05) is 47.5 Å². The van der Waals surface area contributed by atoms with Crippen LogP contribution in [0.4, 0.5) is 5.69 Å². The van der Waals surface area contributed by atoms with Crippen LogP contribution in [0.15, 0.2) is 48.8 Å². The van der Waals surface area contributed by atoms with Gasteiger partial charge in [-0.05, 0) is 23.8 Å². The van der Waals surface area contributed by atoms with Crippen LogP contribution in [0.25, 0.3) is 0 Å². The number of aromatic nitrogens is 1. The van der Waals surface area contributed by atoms with Crippen LogP contribution in [-0.2, 0) is 4.79 Å². The summed E-state index contributed by atoms with van der Waals surface area (Å²) in [6.45, 7) is 2.46. The molecule has 1 aromatic heterocycles. The maximum atomic E-state index is 12.7. The van der Waals surface area contributed by atoms with Gasteiger partial charge in [0, 0.05) is 32.0 Å². The molecule has 0 bridgehead atoms. The van der Waals surface area contributed by atoms with Crippen LogP contribution in [0.3, 0.4) is 0 Å². The molecule has 1 amide bonds. The Labute approximate surface area is 141 Å². The zero-order valence-corrected chi connectivity index (χ0v) is 13.7. The summed E-state index contributed by atoms with van der Waals surface area (Å²) in [5.74, 6) is 0.797. The fourth-order valence-electron chi connectivity index (χ4n) is 2.94. The van der Waals surface area contributed by atoms with Gasteiger partial charge in [0.15, 0.2) is 0 Å². The smallest absolute Gasteiger partial charge is 0.242 e. The van der Waals surface area contributed by atoms with Crippen molar-refractivity contribution < 1.29 is 9.53 Å². The number of anilines is 1. The van der Waals surface area contributed by atoms with Gasteiger partial charge in [0.05, 0.1) is 25.4 Å². The lowest BCUT2D eigenvalue weighted by molar-refractivity contribution is -0.132. The van der Waals surface area contributed by atoms with E-state index < -0.39 is 0 Å². The van der Waals surface area contributed by atoms with Crippen molar-refractivity contribution in [1.29, 1.82) is 0 Å². The number of piperazine rings is 1. The number of amides is 1. The zero-order valence-electron chi connectivity index (χ0n) is 13.7. The number of carbonyl (C=O) groups excluding carboxylic acids is 1. The SMILES string of the molecule is COc1ccccc1NCC(=O)N1CCNCC1c1cccnc1. The van der Waals surface area contributed by atoms with E-state index in [0.717, 1.165) is 30.1 Å². The molecule has 3 rings (SSSR count). The van der Waals surface area contributed by atoms with Gasteiger partial charge in [0.2, 0.25) is 5.91 Å². The average Bonchev–Trinajstić information content (AvgIpc) is 2.67. The van der Waals surface area contributed by atoms with Crippen molar-refractivity contribution in [3.8, 4) is 5.75 Å². The van der Waals surface area contributed by atoms with Gasteiger partial charge in [-0.25, -0.2) is 0 Å². The third-order valence-corrected chi connectivity index (χ3v) is 4.17. The van der Waals surface area contributed by atoms with Gasteiger partial charge in [-0.1, -0.05) is 18.2 Å². The number of rotatable bonds is 5. The first-order chi connectivity index (χ1) is 11.8. The Morgan fingerprint density at radius 2 is 2.25 bits per heavy atom. The Bertz CT molecular complexity index is 678. The number of hydrogen-bond acceptors (Lipinski definition) is 5. The highest BCUT2D eigenvalue weighted by atomic mass is 16.5. The molecule has 1 saturated heterocycles. The first-order valence-corrected chi connectivity index (χ1v) is 8.06. The molecule has 0 aliphatic carbocycles. The topological polar surface area (TPSA) is 66.5 Å². The fraction of sp³-hybridized carbons (Fsp3) is 0.333. The van der Waals surface area contributed by atoms with Gasteiger partial charge in [-0.15, -0.1) is 0 Å². The van der Waals surface area contributed by atoms with E-state index in [2.05, 4.69) is 15.6 Å². The van der Waals surface area contributed by atoms with E-state index >= 15 is 0 Å². The number of pyridine rings is 1. The van der Waals surface area contributed by atoms with Gasteiger partial charge in [-0.2, -0.15) is 0 Å². The third-order valence-electron chi connectivity index (χ3n) is 4.17. The predicted molar refractivity (Wildman–Crippen MR) is 93.0 cm³/mol. The predicted octanol–water partition coefficient (Wildman–Crippen LogP) is 1.68. The van der Waals surface area contributed by atoms with Crippen LogP contribution in [-0.4, -0.2) is 49.1 Å². The Morgan fingerprint density at radius 1 is 1.38 bits per heavy atom. The number of para-hydroxylation sites is 2. The molecule has 1 unspecified atom stereocenters. The van der Waals surface area contributed by atoms with Crippen LogP contribution in [0, 0.1) is 0 Å². The van der Waals surface area contributed by atoms with Crippen molar-refractivity contribution in [2.24, 2.45) is 0 Å². The third kappa shape index (κ3) is 3.65. The molecular weight excluding hydrogens is 304 g/mol. The second kappa shape index (κ2) is 7.79. The maximum absolute atomic E-state index is 12.7. The zero-order chi connectivity index (χ0) is 16.8. The molecule has 0 spiro atoms. The molecule has 1 aromatic carbocycles. The van der Waals surface area contributed by atoms with Crippen LogP contribution < -0.4 is 15.4 Å². The Balaban J connectivity index is 1.68. The lowest BCUT2D eigenvalue weighted by Gasteiger charge is -2.36. The van der Waals surface area contributed by atoms with E-state index in [1.165, 1.54) is 0 Å². The second-order valence-electron chi connectivity index (χ2n) is 5.65. The van der Waals surface area contributed by atoms with Crippen LogP contribution in [0.5, 0.6) is 5.75 Å². The van der Waals surface area contributed by atoms with E-state index in [0.29, 0.717) is 6.54 Å². The summed E-state index contributed by atoms with van der Waals surface area (Å²) in [7, 11) is 1.62. The summed E-state index contributed by atoms with van der Waals surface area (Å²) in [5.41, 5.74) is 1.87. The molecule has 24 heavy (non-hydrogen) atoms. The van der Waals surface area contributed by atoms with E-state index in [4.69, 9.17) is 4.74 Å². The van der Waals surface area contributed by atoms with E-state index in [-0.39, 0.29) is 18.5 Å². The molecule has 1 aliphatic heterocycles. The molecule has 1 atom stereocenters. The van der Waals surface area contributed by atoms with Gasteiger partial charge in [-0.3, -0.25) is 9.78 Å². The number of carbonyl (C=O) groups is 1. The number of nitrogens with one attached hydrogen (secondary N) is 2. The molecule has 0 radical (unpaired) electrons. The van der Waals surface area contributed by atoms with Crippen molar-refractivity contribution in [1.82, 2.24) is 15.2 Å². The van der Waals surface area contributed by atoms with Crippen LogP contribution in [0.1, 0.15) is 11.6 Å².